The summed E-state index contributed by atoms with van der Waals surface area (Å²) < 4.78 is 0. The molecule has 0 saturated carbocycles. The SMILES string of the molecule is CCCCC(C#N)Nc1ccc(Cl)cc1. The lowest BCUT2D eigenvalue weighted by molar-refractivity contribution is 0.687. The van der Waals surface area contributed by atoms with Gasteiger partial charge in [-0.3, -0.25) is 0 Å². The van der Waals surface area contributed by atoms with Crippen molar-refractivity contribution in [2.24, 2.45) is 0 Å². The fraction of sp³-hybridized carbons (Fsp3) is 0.417. The second kappa shape index (κ2) is 6.31. The molecule has 0 heterocycles. The van der Waals surface area contributed by atoms with Gasteiger partial charge >= 0.3 is 0 Å². The van der Waals surface area contributed by atoms with Gasteiger partial charge in [0.2, 0.25) is 0 Å². The Bertz CT molecular complexity index is 326. The van der Waals surface area contributed by atoms with Crippen molar-refractivity contribution in [2.75, 3.05) is 5.32 Å². The monoisotopic (exact) mass is 222 g/mol. The first-order chi connectivity index (χ1) is 7.26. The van der Waals surface area contributed by atoms with E-state index in [9.17, 15) is 0 Å². The number of nitrogens with one attached hydrogen (secondary N) is 1. The van der Waals surface area contributed by atoms with Crippen molar-refractivity contribution in [3.05, 3.63) is 29.3 Å². The number of halogens is 1. The van der Waals surface area contributed by atoms with Gasteiger partial charge < -0.3 is 5.32 Å². The van der Waals surface area contributed by atoms with Crippen molar-refractivity contribution in [1.29, 1.82) is 5.26 Å². The zero-order valence-electron chi connectivity index (χ0n) is 8.83. The summed E-state index contributed by atoms with van der Waals surface area (Å²) in [5, 5.41) is 12.8. The second-order valence-electron chi connectivity index (χ2n) is 3.48. The molecule has 0 radical (unpaired) electrons. The van der Waals surface area contributed by atoms with Crippen molar-refractivity contribution in [3.63, 3.8) is 0 Å². The van der Waals surface area contributed by atoms with Gasteiger partial charge in [-0.2, -0.15) is 5.26 Å². The van der Waals surface area contributed by atoms with E-state index in [4.69, 9.17) is 16.9 Å². The first-order valence-electron chi connectivity index (χ1n) is 5.18. The normalized spacial score (nSPS) is 11.8. The smallest absolute Gasteiger partial charge is 0.114 e. The highest BCUT2D eigenvalue weighted by Gasteiger charge is 2.05. The van der Waals surface area contributed by atoms with Gasteiger partial charge in [-0.05, 0) is 30.7 Å². The van der Waals surface area contributed by atoms with Gasteiger partial charge in [0, 0.05) is 10.7 Å². The van der Waals surface area contributed by atoms with E-state index in [0.29, 0.717) is 5.02 Å². The summed E-state index contributed by atoms with van der Waals surface area (Å²) in [4.78, 5) is 0. The Labute approximate surface area is 95.9 Å². The molecule has 0 bridgehead atoms. The number of rotatable bonds is 5. The van der Waals surface area contributed by atoms with E-state index in [2.05, 4.69) is 18.3 Å². The lowest BCUT2D eigenvalue weighted by Gasteiger charge is -2.12. The molecule has 1 unspecified atom stereocenters. The van der Waals surface area contributed by atoms with Crippen LogP contribution in [-0.4, -0.2) is 6.04 Å². The number of unbranched alkanes of at least 4 members (excludes halogenated alkanes) is 1. The molecule has 0 amide bonds. The lowest BCUT2D eigenvalue weighted by atomic mass is 10.1. The summed E-state index contributed by atoms with van der Waals surface area (Å²) in [6.45, 7) is 2.12. The minimum Gasteiger partial charge on any atom is -0.370 e. The number of benzene rings is 1. The minimum atomic E-state index is -0.105. The molecule has 1 rings (SSSR count). The number of anilines is 1. The van der Waals surface area contributed by atoms with Crippen LogP contribution in [0.1, 0.15) is 26.2 Å². The Balaban J connectivity index is 2.52. The standard InChI is InChI=1S/C12H15ClN2/c1-2-3-4-12(9-14)15-11-7-5-10(13)6-8-11/h5-8,12,15H,2-4H2,1H3. The van der Waals surface area contributed by atoms with Crippen molar-refractivity contribution >= 4 is 17.3 Å². The highest BCUT2D eigenvalue weighted by atomic mass is 35.5. The molecule has 15 heavy (non-hydrogen) atoms. The summed E-state index contributed by atoms with van der Waals surface area (Å²) in [7, 11) is 0. The summed E-state index contributed by atoms with van der Waals surface area (Å²) >= 11 is 5.77. The lowest BCUT2D eigenvalue weighted by Crippen LogP contribution is -2.16. The molecule has 80 valence electrons. The zero-order chi connectivity index (χ0) is 11.1. The van der Waals surface area contributed by atoms with E-state index in [1.54, 1.807) is 0 Å². The first kappa shape index (κ1) is 11.9. The molecule has 0 saturated heterocycles. The van der Waals surface area contributed by atoms with Crippen LogP contribution >= 0.6 is 11.6 Å². The maximum Gasteiger partial charge on any atom is 0.114 e. The van der Waals surface area contributed by atoms with Gasteiger partial charge in [-0.25, -0.2) is 0 Å². The van der Waals surface area contributed by atoms with Gasteiger partial charge in [-0.1, -0.05) is 31.4 Å². The van der Waals surface area contributed by atoms with Crippen molar-refractivity contribution < 1.29 is 0 Å². The third kappa shape index (κ3) is 4.22. The van der Waals surface area contributed by atoms with Crippen LogP contribution in [0.4, 0.5) is 5.69 Å². The summed E-state index contributed by atoms with van der Waals surface area (Å²) in [6.07, 6.45) is 3.06. The number of nitrogens with zero attached hydrogens (tertiary/aromatic N) is 1. The number of nitriles is 1. The molecule has 0 aliphatic rings. The molecular formula is C12H15ClN2. The van der Waals surface area contributed by atoms with Gasteiger partial charge in [0.15, 0.2) is 0 Å². The van der Waals surface area contributed by atoms with Gasteiger partial charge in [-0.15, -0.1) is 0 Å². The van der Waals surface area contributed by atoms with E-state index in [0.717, 1.165) is 24.9 Å². The van der Waals surface area contributed by atoms with E-state index >= 15 is 0 Å². The molecule has 3 heteroatoms. The molecule has 0 fully saturated rings. The molecule has 0 aliphatic heterocycles. The van der Waals surface area contributed by atoms with Crippen molar-refractivity contribution in [3.8, 4) is 6.07 Å². The molecule has 1 aromatic rings. The zero-order valence-corrected chi connectivity index (χ0v) is 9.59. The average Bonchev–Trinajstić information content (AvgIpc) is 2.27. The number of hydrogen-bond donors (Lipinski definition) is 1. The second-order valence-corrected chi connectivity index (χ2v) is 3.91. The predicted molar refractivity (Wildman–Crippen MR) is 64.0 cm³/mol. The maximum atomic E-state index is 8.93. The first-order valence-corrected chi connectivity index (χ1v) is 5.55. The Morgan fingerprint density at radius 3 is 2.60 bits per heavy atom. The topological polar surface area (TPSA) is 35.8 Å². The molecule has 1 aromatic carbocycles. The van der Waals surface area contributed by atoms with Crippen molar-refractivity contribution in [1.82, 2.24) is 0 Å². The van der Waals surface area contributed by atoms with E-state index in [-0.39, 0.29) is 6.04 Å². The van der Waals surface area contributed by atoms with Crippen LogP contribution in [0.15, 0.2) is 24.3 Å². The van der Waals surface area contributed by atoms with Gasteiger partial charge in [0.1, 0.15) is 6.04 Å². The average molecular weight is 223 g/mol. The third-order valence-corrected chi connectivity index (χ3v) is 2.44. The van der Waals surface area contributed by atoms with E-state index in [1.807, 2.05) is 24.3 Å². The fourth-order valence-electron chi connectivity index (χ4n) is 1.32. The Morgan fingerprint density at radius 1 is 1.40 bits per heavy atom. The molecule has 0 aromatic heterocycles. The Kier molecular flexibility index (Phi) is 5.00. The Morgan fingerprint density at radius 2 is 2.07 bits per heavy atom. The van der Waals surface area contributed by atoms with E-state index in [1.165, 1.54) is 0 Å². The molecular weight excluding hydrogens is 208 g/mol. The third-order valence-electron chi connectivity index (χ3n) is 2.19. The predicted octanol–water partition coefficient (Wildman–Crippen LogP) is 3.83. The molecule has 2 nitrogen and oxygen atoms in total. The quantitative estimate of drug-likeness (QED) is 0.822. The van der Waals surface area contributed by atoms with Crippen molar-refractivity contribution in [2.45, 2.75) is 32.2 Å². The highest BCUT2D eigenvalue weighted by Crippen LogP contribution is 2.15. The van der Waals surface area contributed by atoms with Crippen LogP contribution in [0.5, 0.6) is 0 Å². The molecule has 1 N–H and O–H groups in total. The largest absolute Gasteiger partial charge is 0.370 e. The van der Waals surface area contributed by atoms with Crippen LogP contribution in [0.3, 0.4) is 0 Å². The summed E-state index contributed by atoms with van der Waals surface area (Å²) in [5.41, 5.74) is 0.946. The molecule has 0 aliphatic carbocycles. The van der Waals surface area contributed by atoms with Gasteiger partial charge in [0.05, 0.1) is 6.07 Å². The fourth-order valence-corrected chi connectivity index (χ4v) is 1.45. The van der Waals surface area contributed by atoms with Crippen LogP contribution in [0, 0.1) is 11.3 Å². The molecule has 0 spiro atoms. The minimum absolute atomic E-state index is 0.105. The highest BCUT2D eigenvalue weighted by molar-refractivity contribution is 6.30. The Hall–Kier alpha value is -1.20. The van der Waals surface area contributed by atoms with Crippen LogP contribution in [0.2, 0.25) is 5.02 Å². The molecule has 1 atom stereocenters. The maximum absolute atomic E-state index is 8.93. The van der Waals surface area contributed by atoms with Gasteiger partial charge in [0.25, 0.3) is 0 Å². The van der Waals surface area contributed by atoms with Crippen LogP contribution in [0.25, 0.3) is 0 Å². The van der Waals surface area contributed by atoms with Crippen LogP contribution < -0.4 is 5.32 Å². The summed E-state index contributed by atoms with van der Waals surface area (Å²) in [6, 6.07) is 9.56. The van der Waals surface area contributed by atoms with E-state index < -0.39 is 0 Å². The summed E-state index contributed by atoms with van der Waals surface area (Å²) in [5.74, 6) is 0. The number of hydrogen-bond acceptors (Lipinski definition) is 2. The van der Waals surface area contributed by atoms with Crippen LogP contribution in [-0.2, 0) is 0 Å².